The molecule has 2 aromatic rings. The van der Waals surface area contributed by atoms with Crippen molar-refractivity contribution in [3.8, 4) is 11.5 Å². The Labute approximate surface area is 169 Å². The molecule has 158 valence electrons. The van der Waals surface area contributed by atoms with Crippen LogP contribution in [0.5, 0.6) is 11.5 Å². The fourth-order valence-corrected chi connectivity index (χ4v) is 3.60. The van der Waals surface area contributed by atoms with Gasteiger partial charge in [0.05, 0.1) is 7.11 Å². The van der Waals surface area contributed by atoms with Crippen molar-refractivity contribution in [3.05, 3.63) is 59.7 Å². The third-order valence-corrected chi connectivity index (χ3v) is 5.10. The molecule has 1 fully saturated rings. The van der Waals surface area contributed by atoms with E-state index in [4.69, 9.17) is 9.47 Å². The van der Waals surface area contributed by atoms with Crippen molar-refractivity contribution in [2.24, 2.45) is 0 Å². The van der Waals surface area contributed by atoms with Crippen LogP contribution in [0.1, 0.15) is 30.0 Å². The molecule has 1 aliphatic heterocycles. The molecule has 29 heavy (non-hydrogen) atoms. The first-order valence-electron chi connectivity index (χ1n) is 9.82. The highest BCUT2D eigenvalue weighted by Crippen LogP contribution is 2.36. The van der Waals surface area contributed by atoms with E-state index in [9.17, 15) is 13.2 Å². The molecule has 7 heteroatoms. The maximum Gasteiger partial charge on any atom is 0.389 e. The third kappa shape index (κ3) is 6.37. The van der Waals surface area contributed by atoms with Crippen molar-refractivity contribution < 1.29 is 22.6 Å². The second-order valence-electron chi connectivity index (χ2n) is 7.14. The minimum absolute atomic E-state index is 0.0247. The van der Waals surface area contributed by atoms with Crippen LogP contribution < -0.4 is 14.8 Å². The van der Waals surface area contributed by atoms with Gasteiger partial charge in [-0.1, -0.05) is 36.4 Å². The van der Waals surface area contributed by atoms with Crippen LogP contribution in [0.4, 0.5) is 13.2 Å². The van der Waals surface area contributed by atoms with E-state index in [2.05, 4.69) is 10.2 Å². The Kier molecular flexibility index (Phi) is 7.39. The predicted octanol–water partition coefficient (Wildman–Crippen LogP) is 4.56. The fraction of sp³-hybridized carbons (Fsp3) is 0.455. The molecule has 0 unspecified atom stereocenters. The molecule has 1 aliphatic rings. The average Bonchev–Trinajstić information content (AvgIpc) is 2.73. The molecule has 0 aromatic heterocycles. The number of nitrogens with zero attached hydrogens (tertiary/aromatic N) is 1. The van der Waals surface area contributed by atoms with Crippen LogP contribution in [-0.4, -0.2) is 44.4 Å². The molecule has 0 spiro atoms. The Balaban J connectivity index is 1.77. The minimum atomic E-state index is -4.17. The number of hydrogen-bond donors (Lipinski definition) is 1. The van der Waals surface area contributed by atoms with Crippen LogP contribution in [0.25, 0.3) is 0 Å². The van der Waals surface area contributed by atoms with E-state index in [1.807, 2.05) is 42.5 Å². The Morgan fingerprint density at radius 1 is 1.03 bits per heavy atom. The summed E-state index contributed by atoms with van der Waals surface area (Å²) in [6.07, 6.45) is -4.96. The number of halogens is 3. The zero-order valence-corrected chi connectivity index (χ0v) is 16.5. The number of alkyl halides is 3. The molecular weight excluding hydrogens is 381 g/mol. The lowest BCUT2D eigenvalue weighted by atomic mass is 9.98. The first kappa shape index (κ1) is 21.5. The highest BCUT2D eigenvalue weighted by molar-refractivity contribution is 5.44. The summed E-state index contributed by atoms with van der Waals surface area (Å²) in [7, 11) is 1.55. The highest BCUT2D eigenvalue weighted by atomic mass is 19.4. The van der Waals surface area contributed by atoms with Crippen molar-refractivity contribution in [2.75, 3.05) is 33.3 Å². The summed E-state index contributed by atoms with van der Waals surface area (Å²) in [6, 6.07) is 14.9. The molecule has 0 aliphatic carbocycles. The van der Waals surface area contributed by atoms with Crippen molar-refractivity contribution in [1.82, 2.24) is 10.2 Å². The molecule has 4 nitrogen and oxygen atoms in total. The molecule has 1 heterocycles. The first-order valence-corrected chi connectivity index (χ1v) is 9.82. The van der Waals surface area contributed by atoms with Gasteiger partial charge in [-0.3, -0.25) is 4.90 Å². The van der Waals surface area contributed by atoms with Crippen LogP contribution >= 0.6 is 0 Å². The first-order chi connectivity index (χ1) is 14.0. The molecule has 1 saturated heterocycles. The lowest BCUT2D eigenvalue weighted by Crippen LogP contribution is -2.45. The number of piperazine rings is 1. The summed E-state index contributed by atoms with van der Waals surface area (Å²) in [5.74, 6) is 1.11. The minimum Gasteiger partial charge on any atom is -0.493 e. The van der Waals surface area contributed by atoms with Crippen LogP contribution in [0.3, 0.4) is 0 Å². The van der Waals surface area contributed by atoms with Gasteiger partial charge in [-0.15, -0.1) is 0 Å². The van der Waals surface area contributed by atoms with E-state index in [0.29, 0.717) is 18.1 Å². The van der Waals surface area contributed by atoms with Gasteiger partial charge in [-0.2, -0.15) is 13.2 Å². The zero-order valence-electron chi connectivity index (χ0n) is 16.5. The quantitative estimate of drug-likeness (QED) is 0.694. The number of nitrogens with one attached hydrogen (secondary N) is 1. The number of hydrogen-bond acceptors (Lipinski definition) is 4. The smallest absolute Gasteiger partial charge is 0.389 e. The van der Waals surface area contributed by atoms with Crippen molar-refractivity contribution >= 4 is 0 Å². The fourth-order valence-electron chi connectivity index (χ4n) is 3.60. The van der Waals surface area contributed by atoms with E-state index in [1.165, 1.54) is 0 Å². The van der Waals surface area contributed by atoms with E-state index in [1.54, 1.807) is 13.2 Å². The molecule has 3 rings (SSSR count). The topological polar surface area (TPSA) is 33.7 Å². The Morgan fingerprint density at radius 3 is 2.41 bits per heavy atom. The van der Waals surface area contributed by atoms with Gasteiger partial charge in [-0.05, 0) is 29.7 Å². The van der Waals surface area contributed by atoms with Gasteiger partial charge in [0, 0.05) is 38.6 Å². The molecular formula is C22H27F3N2O2. The monoisotopic (exact) mass is 408 g/mol. The number of benzene rings is 2. The van der Waals surface area contributed by atoms with Crippen LogP contribution in [0.15, 0.2) is 48.5 Å². The lowest BCUT2D eigenvalue weighted by Gasteiger charge is -2.35. The largest absolute Gasteiger partial charge is 0.493 e. The third-order valence-electron chi connectivity index (χ3n) is 5.10. The summed E-state index contributed by atoms with van der Waals surface area (Å²) in [6.45, 7) is 3.38. The molecule has 1 atom stereocenters. The van der Waals surface area contributed by atoms with Crippen molar-refractivity contribution in [1.29, 1.82) is 0 Å². The second-order valence-corrected chi connectivity index (χ2v) is 7.14. The van der Waals surface area contributed by atoms with Crippen molar-refractivity contribution in [2.45, 2.75) is 31.7 Å². The summed E-state index contributed by atoms with van der Waals surface area (Å²) >= 11 is 0. The van der Waals surface area contributed by atoms with Gasteiger partial charge < -0.3 is 14.8 Å². The molecule has 0 radical (unpaired) electrons. The molecule has 1 N–H and O–H groups in total. The van der Waals surface area contributed by atoms with Crippen molar-refractivity contribution in [3.63, 3.8) is 0 Å². The predicted molar refractivity (Wildman–Crippen MR) is 106 cm³/mol. The Bertz CT molecular complexity index is 762. The van der Waals surface area contributed by atoms with Gasteiger partial charge in [-0.25, -0.2) is 0 Å². The summed E-state index contributed by atoms with van der Waals surface area (Å²) in [5, 5.41) is 3.25. The molecule has 2 aromatic carbocycles. The number of ether oxygens (including phenoxy) is 2. The summed E-state index contributed by atoms with van der Waals surface area (Å²) in [5.41, 5.74) is 1.85. The van der Waals surface area contributed by atoms with Gasteiger partial charge in [0.1, 0.15) is 6.61 Å². The van der Waals surface area contributed by atoms with Gasteiger partial charge in [0.15, 0.2) is 11.5 Å². The second kappa shape index (κ2) is 9.98. The number of rotatable bonds is 8. The molecule has 0 saturated carbocycles. The normalized spacial score (nSPS) is 16.4. The lowest BCUT2D eigenvalue weighted by molar-refractivity contribution is -0.138. The van der Waals surface area contributed by atoms with E-state index >= 15 is 0 Å². The zero-order chi connectivity index (χ0) is 20.7. The average molecular weight is 408 g/mol. The van der Waals surface area contributed by atoms with Gasteiger partial charge in [0.2, 0.25) is 0 Å². The standard InChI is InChI=1S/C22H27F3N2O2/c1-28-21-15-18(7-8-20(21)29-16-17-5-3-2-4-6-17)19(9-10-22(23,24)25)27-13-11-26-12-14-27/h2-8,15,19,26H,9-14,16H2,1H3/t19-/m1/s1. The molecule has 0 bridgehead atoms. The number of methoxy groups -OCH3 is 1. The van der Waals surface area contributed by atoms with Crippen LogP contribution in [0.2, 0.25) is 0 Å². The SMILES string of the molecule is COc1cc([C@@H](CCC(F)(F)F)N2CCNCC2)ccc1OCc1ccccc1. The highest BCUT2D eigenvalue weighted by Gasteiger charge is 2.31. The van der Waals surface area contributed by atoms with Gasteiger partial charge in [0.25, 0.3) is 0 Å². The van der Waals surface area contributed by atoms with E-state index in [0.717, 1.165) is 37.3 Å². The van der Waals surface area contributed by atoms with Gasteiger partial charge >= 0.3 is 6.18 Å². The van der Waals surface area contributed by atoms with Crippen LogP contribution in [0, 0.1) is 0 Å². The summed E-state index contributed by atoms with van der Waals surface area (Å²) in [4.78, 5) is 2.11. The maximum absolute atomic E-state index is 12.9. The molecule has 0 amide bonds. The maximum atomic E-state index is 12.9. The Morgan fingerprint density at radius 2 is 1.76 bits per heavy atom. The van der Waals surface area contributed by atoms with Crippen LogP contribution in [-0.2, 0) is 6.61 Å². The Hall–Kier alpha value is -2.25. The van der Waals surface area contributed by atoms with E-state index in [-0.39, 0.29) is 12.5 Å². The van der Waals surface area contributed by atoms with E-state index < -0.39 is 12.6 Å². The summed E-state index contributed by atoms with van der Waals surface area (Å²) < 4.78 is 50.0.